The number of rotatable bonds is 2. The van der Waals surface area contributed by atoms with Crippen LogP contribution in [0.25, 0.3) is 5.57 Å². The van der Waals surface area contributed by atoms with E-state index >= 15 is 0 Å². The summed E-state index contributed by atoms with van der Waals surface area (Å²) >= 11 is 1.62. The Morgan fingerprint density at radius 3 is 2.68 bits per heavy atom. The highest BCUT2D eigenvalue weighted by Crippen LogP contribution is 2.59. The summed E-state index contributed by atoms with van der Waals surface area (Å²) < 4.78 is 5.39. The van der Waals surface area contributed by atoms with Gasteiger partial charge < -0.3 is 4.74 Å². The van der Waals surface area contributed by atoms with Gasteiger partial charge in [0.05, 0.1) is 0 Å². The molecule has 2 aliphatic rings. The number of allylic oxidation sites excluding steroid dienone is 4. The minimum Gasteiger partial charge on any atom is -0.432 e. The van der Waals surface area contributed by atoms with E-state index in [1.54, 1.807) is 17.4 Å². The van der Waals surface area contributed by atoms with E-state index in [2.05, 4.69) is 26.2 Å². The van der Waals surface area contributed by atoms with Gasteiger partial charge >= 0.3 is 5.97 Å². The molecule has 0 aliphatic heterocycles. The predicted octanol–water partition coefficient (Wildman–Crippen LogP) is 4.21. The molecule has 0 saturated heterocycles. The molecule has 0 aromatic carbocycles. The molecule has 0 radical (unpaired) electrons. The van der Waals surface area contributed by atoms with E-state index < -0.39 is 5.41 Å². The number of thiophene rings is 1. The van der Waals surface area contributed by atoms with Gasteiger partial charge in [0.1, 0.15) is 5.76 Å². The maximum Gasteiger partial charge on any atom is 0.307 e. The number of hydrogen-bond acceptors (Lipinski definition) is 4. The summed E-state index contributed by atoms with van der Waals surface area (Å²) in [7, 11) is 0. The fourth-order valence-corrected chi connectivity index (χ4v) is 4.84. The molecule has 0 N–H and O–H groups in total. The first-order chi connectivity index (χ1) is 10.2. The molecule has 116 valence electrons. The summed E-state index contributed by atoms with van der Waals surface area (Å²) in [5, 5.41) is 4.08. The molecule has 3 nitrogen and oxygen atoms in total. The first-order valence-electron chi connectivity index (χ1n) is 7.43. The second-order valence-corrected chi connectivity index (χ2v) is 7.84. The van der Waals surface area contributed by atoms with E-state index in [0.717, 1.165) is 11.1 Å². The second kappa shape index (κ2) is 4.92. The number of esters is 1. The van der Waals surface area contributed by atoms with Crippen molar-refractivity contribution < 1.29 is 14.3 Å². The van der Waals surface area contributed by atoms with Crippen molar-refractivity contribution >= 4 is 28.7 Å². The lowest BCUT2D eigenvalue weighted by molar-refractivity contribution is -0.138. The van der Waals surface area contributed by atoms with Gasteiger partial charge in [0.15, 0.2) is 5.78 Å². The van der Waals surface area contributed by atoms with Crippen LogP contribution in [-0.4, -0.2) is 11.8 Å². The quantitative estimate of drug-likeness (QED) is 0.768. The Bertz CT molecular complexity index is 694. The molecule has 1 aromatic heterocycles. The number of carbonyl (C=O) groups is 2. The Labute approximate surface area is 134 Å². The van der Waals surface area contributed by atoms with E-state index in [1.807, 2.05) is 17.5 Å². The molecule has 0 bridgehead atoms. The molecular weight excluding hydrogens is 296 g/mol. The smallest absolute Gasteiger partial charge is 0.307 e. The molecular formula is C18H20O3S. The number of ether oxygens (including phenoxy) is 1. The zero-order valence-electron chi connectivity index (χ0n) is 13.3. The van der Waals surface area contributed by atoms with Crippen LogP contribution in [0, 0.1) is 16.7 Å². The highest BCUT2D eigenvalue weighted by Gasteiger charge is 2.55. The summed E-state index contributed by atoms with van der Waals surface area (Å²) in [5.41, 5.74) is 1.44. The first kappa shape index (κ1) is 15.2. The summed E-state index contributed by atoms with van der Waals surface area (Å²) in [6.07, 6.45) is 4.36. The minimum absolute atomic E-state index is 0.116. The van der Waals surface area contributed by atoms with Crippen molar-refractivity contribution in [3.8, 4) is 0 Å². The Morgan fingerprint density at radius 1 is 1.36 bits per heavy atom. The van der Waals surface area contributed by atoms with Crippen molar-refractivity contribution in [1.82, 2.24) is 0 Å². The van der Waals surface area contributed by atoms with Crippen LogP contribution in [0.5, 0.6) is 0 Å². The number of hydrogen-bond donors (Lipinski definition) is 0. The van der Waals surface area contributed by atoms with Crippen LogP contribution in [-0.2, 0) is 14.3 Å². The van der Waals surface area contributed by atoms with Crippen molar-refractivity contribution in [3.63, 3.8) is 0 Å². The van der Waals surface area contributed by atoms with Crippen LogP contribution in [0.15, 0.2) is 34.7 Å². The third kappa shape index (κ3) is 2.26. The topological polar surface area (TPSA) is 43.4 Å². The van der Waals surface area contributed by atoms with Crippen LogP contribution >= 0.6 is 11.3 Å². The fourth-order valence-electron chi connectivity index (χ4n) is 4.19. The molecule has 0 unspecified atom stereocenters. The molecule has 0 saturated carbocycles. The summed E-state index contributed by atoms with van der Waals surface area (Å²) in [5.74, 6) is 0.419. The van der Waals surface area contributed by atoms with Gasteiger partial charge in [0.2, 0.25) is 0 Å². The Hall–Kier alpha value is -1.68. The molecule has 1 aromatic rings. The van der Waals surface area contributed by atoms with Crippen molar-refractivity contribution in [1.29, 1.82) is 0 Å². The maximum absolute atomic E-state index is 12.7. The molecule has 22 heavy (non-hydrogen) atoms. The summed E-state index contributed by atoms with van der Waals surface area (Å²) in [6.45, 7) is 7.65. The van der Waals surface area contributed by atoms with E-state index in [1.165, 1.54) is 6.92 Å². The molecule has 2 aliphatic carbocycles. The first-order valence-corrected chi connectivity index (χ1v) is 8.37. The minimum atomic E-state index is -0.426. The summed E-state index contributed by atoms with van der Waals surface area (Å²) in [6, 6.07) is 2.04. The largest absolute Gasteiger partial charge is 0.432 e. The third-order valence-electron chi connectivity index (χ3n) is 4.73. The van der Waals surface area contributed by atoms with E-state index in [0.29, 0.717) is 12.2 Å². The molecule has 0 amide bonds. The number of ketones is 1. The third-order valence-corrected chi connectivity index (χ3v) is 5.41. The lowest BCUT2D eigenvalue weighted by Crippen LogP contribution is -2.42. The number of fused-ring (bicyclic) bond motifs is 1. The maximum atomic E-state index is 12.7. The Kier molecular flexibility index (Phi) is 3.40. The van der Waals surface area contributed by atoms with E-state index in [4.69, 9.17) is 4.74 Å². The van der Waals surface area contributed by atoms with Gasteiger partial charge in [-0.1, -0.05) is 20.8 Å². The van der Waals surface area contributed by atoms with Crippen molar-refractivity contribution in [3.05, 3.63) is 40.3 Å². The average molecular weight is 316 g/mol. The van der Waals surface area contributed by atoms with Crippen molar-refractivity contribution in [2.45, 2.75) is 34.1 Å². The van der Waals surface area contributed by atoms with Crippen molar-refractivity contribution in [2.24, 2.45) is 16.7 Å². The Balaban J connectivity index is 2.13. The average Bonchev–Trinajstić information content (AvgIpc) is 2.93. The standard InChI is InChI=1S/C18H20O3S/c1-11(19)21-13-8-17(2,3)16-15(20)7-14(18(16,4)9-13)12-5-6-22-10-12/h5-7,9-10,16H,8H2,1-4H3/t16-,18-/m0/s1. The molecule has 3 rings (SSSR count). The highest BCUT2D eigenvalue weighted by atomic mass is 32.1. The SMILES string of the molecule is CC(=O)OC1=C[C@@]2(C)C(c3ccsc3)=CC(=O)[C@H]2C(C)(C)C1. The Morgan fingerprint density at radius 2 is 2.09 bits per heavy atom. The molecule has 0 fully saturated rings. The van der Waals surface area contributed by atoms with Crippen LogP contribution in [0.2, 0.25) is 0 Å². The van der Waals surface area contributed by atoms with Gasteiger partial charge in [-0.05, 0) is 45.5 Å². The van der Waals surface area contributed by atoms with Crippen molar-refractivity contribution in [2.75, 3.05) is 0 Å². The summed E-state index contributed by atoms with van der Waals surface area (Å²) in [4.78, 5) is 24.0. The van der Waals surface area contributed by atoms with Gasteiger partial charge in [-0.25, -0.2) is 0 Å². The predicted molar refractivity (Wildman–Crippen MR) is 87.1 cm³/mol. The fraction of sp³-hybridized carbons (Fsp3) is 0.444. The van der Waals surface area contributed by atoms with Crippen LogP contribution in [0.4, 0.5) is 0 Å². The van der Waals surface area contributed by atoms with Crippen LogP contribution in [0.1, 0.15) is 39.7 Å². The highest BCUT2D eigenvalue weighted by molar-refractivity contribution is 7.08. The van der Waals surface area contributed by atoms with Gasteiger partial charge in [-0.2, -0.15) is 11.3 Å². The molecule has 2 atom stereocenters. The lowest BCUT2D eigenvalue weighted by Gasteiger charge is -2.45. The van der Waals surface area contributed by atoms with Crippen LogP contribution < -0.4 is 0 Å². The van der Waals surface area contributed by atoms with Gasteiger partial charge in [0, 0.05) is 24.7 Å². The van der Waals surface area contributed by atoms with Crippen LogP contribution in [0.3, 0.4) is 0 Å². The monoisotopic (exact) mass is 316 g/mol. The zero-order chi connectivity index (χ0) is 16.1. The normalized spacial score (nSPS) is 29.6. The van der Waals surface area contributed by atoms with Gasteiger partial charge in [-0.15, -0.1) is 0 Å². The van der Waals surface area contributed by atoms with E-state index in [-0.39, 0.29) is 23.1 Å². The molecule has 1 heterocycles. The number of carbonyl (C=O) groups excluding carboxylic acids is 2. The molecule has 0 spiro atoms. The van der Waals surface area contributed by atoms with E-state index in [9.17, 15) is 9.59 Å². The second-order valence-electron chi connectivity index (χ2n) is 7.06. The van der Waals surface area contributed by atoms with Gasteiger partial charge in [-0.3, -0.25) is 9.59 Å². The molecule has 4 heteroatoms. The lowest BCUT2D eigenvalue weighted by atomic mass is 9.58. The van der Waals surface area contributed by atoms with Gasteiger partial charge in [0.25, 0.3) is 0 Å². The zero-order valence-corrected chi connectivity index (χ0v) is 14.1.